The molecule has 5 nitrogen and oxygen atoms in total. The van der Waals surface area contributed by atoms with Crippen molar-refractivity contribution in [1.82, 2.24) is 0 Å². The van der Waals surface area contributed by atoms with Crippen LogP contribution >= 0.6 is 0 Å². The zero-order valence-electron chi connectivity index (χ0n) is 8.24. The predicted molar refractivity (Wildman–Crippen MR) is 57.0 cm³/mol. The molecule has 1 amide bonds. The van der Waals surface area contributed by atoms with Crippen molar-refractivity contribution in [2.24, 2.45) is 5.73 Å². The van der Waals surface area contributed by atoms with Crippen molar-refractivity contribution in [2.75, 3.05) is 11.5 Å². The van der Waals surface area contributed by atoms with Gasteiger partial charge in [0.05, 0.1) is 11.4 Å². The molecular weight excluding hydrogens is 182 g/mol. The van der Waals surface area contributed by atoms with E-state index >= 15 is 0 Å². The average molecular weight is 197 g/mol. The maximum atomic E-state index is 8.78. The van der Waals surface area contributed by atoms with Crippen molar-refractivity contribution in [3.8, 4) is 0 Å². The van der Waals surface area contributed by atoms with Crippen LogP contribution in [-0.2, 0) is 0 Å². The Labute approximate surface area is 82.5 Å². The quantitative estimate of drug-likeness (QED) is 0.466. The summed E-state index contributed by atoms with van der Waals surface area (Å²) in [7, 11) is 0. The number of primary amides is 1. The molecule has 1 rings (SSSR count). The first-order valence-corrected chi connectivity index (χ1v) is 3.95. The van der Waals surface area contributed by atoms with Gasteiger partial charge in [-0.1, -0.05) is 6.07 Å². The average Bonchev–Trinajstić information content (AvgIpc) is 2.07. The molecule has 0 spiro atoms. The summed E-state index contributed by atoms with van der Waals surface area (Å²) in [5.74, 6) is 0. The zero-order chi connectivity index (χ0) is 11.3. The predicted octanol–water partition coefficient (Wildman–Crippen LogP) is 1.09. The molecule has 78 valence electrons. The fraction of sp³-hybridized carbons (Fsp3) is 0.222. The van der Waals surface area contributed by atoms with Crippen molar-refractivity contribution in [3.63, 3.8) is 0 Å². The first-order chi connectivity index (χ1) is 6.36. The molecule has 0 saturated heterocycles. The Morgan fingerprint density at radius 1 is 1.29 bits per heavy atom. The van der Waals surface area contributed by atoms with Gasteiger partial charge in [0.15, 0.2) is 0 Å². The lowest BCUT2D eigenvalue weighted by molar-refractivity contribution is 0.205. The molecule has 0 heterocycles. The number of benzene rings is 1. The number of carbonyl (C=O) groups is 1. The van der Waals surface area contributed by atoms with Crippen LogP contribution in [0.25, 0.3) is 0 Å². The fourth-order valence-electron chi connectivity index (χ4n) is 0.858. The minimum absolute atomic E-state index is 0.670. The monoisotopic (exact) mass is 197 g/mol. The zero-order valence-corrected chi connectivity index (χ0v) is 8.24. The van der Waals surface area contributed by atoms with Crippen molar-refractivity contribution in [3.05, 3.63) is 23.3 Å². The highest BCUT2D eigenvalue weighted by molar-refractivity contribution is 5.68. The third kappa shape index (κ3) is 3.66. The standard InChI is InChI=1S/C8H12N2.CH3NO2/c1-5-3-4-7(9)8(10)6(5)2;2-1(3)4/h3-4H,9-10H2,1-2H3;2H2,(H,3,4). The molecule has 0 saturated carbocycles. The van der Waals surface area contributed by atoms with Gasteiger partial charge in [0.1, 0.15) is 0 Å². The number of nitrogen functional groups attached to an aromatic ring is 2. The molecule has 0 aliphatic heterocycles. The lowest BCUT2D eigenvalue weighted by Crippen LogP contribution is -2.03. The van der Waals surface area contributed by atoms with Gasteiger partial charge in [-0.15, -0.1) is 0 Å². The molecule has 7 N–H and O–H groups in total. The largest absolute Gasteiger partial charge is 0.465 e. The molecular formula is C9H15N3O2. The minimum atomic E-state index is -1.33. The van der Waals surface area contributed by atoms with Crippen LogP contribution in [0.15, 0.2) is 12.1 Å². The Hall–Kier alpha value is -1.91. The number of hydrogen-bond donors (Lipinski definition) is 4. The van der Waals surface area contributed by atoms with Crippen LogP contribution in [0.4, 0.5) is 16.2 Å². The van der Waals surface area contributed by atoms with Crippen LogP contribution in [0, 0.1) is 13.8 Å². The second-order valence-electron chi connectivity index (χ2n) is 2.85. The maximum Gasteiger partial charge on any atom is 0.402 e. The summed E-state index contributed by atoms with van der Waals surface area (Å²) in [6.45, 7) is 3.99. The summed E-state index contributed by atoms with van der Waals surface area (Å²) < 4.78 is 0. The molecule has 0 unspecified atom stereocenters. The molecule has 14 heavy (non-hydrogen) atoms. The molecule has 0 radical (unpaired) electrons. The second-order valence-corrected chi connectivity index (χ2v) is 2.85. The van der Waals surface area contributed by atoms with Crippen LogP contribution in [0.5, 0.6) is 0 Å². The van der Waals surface area contributed by atoms with Gasteiger partial charge in [-0.2, -0.15) is 0 Å². The van der Waals surface area contributed by atoms with E-state index in [2.05, 4.69) is 5.73 Å². The highest BCUT2D eigenvalue weighted by atomic mass is 16.4. The number of carboxylic acid groups (broad SMARTS) is 1. The first kappa shape index (κ1) is 12.1. The van der Waals surface area contributed by atoms with E-state index in [-0.39, 0.29) is 0 Å². The number of anilines is 2. The number of aryl methyl sites for hydroxylation is 1. The van der Waals surface area contributed by atoms with E-state index in [0.29, 0.717) is 11.4 Å². The van der Waals surface area contributed by atoms with Crippen LogP contribution in [-0.4, -0.2) is 11.2 Å². The van der Waals surface area contributed by atoms with Gasteiger partial charge in [0, 0.05) is 0 Å². The molecule has 5 heteroatoms. The molecule has 0 bridgehead atoms. The second kappa shape index (κ2) is 4.96. The SMILES string of the molecule is Cc1ccc(N)c(N)c1C.NC(=O)O. The minimum Gasteiger partial charge on any atom is -0.465 e. The van der Waals surface area contributed by atoms with Crippen molar-refractivity contribution in [1.29, 1.82) is 0 Å². The van der Waals surface area contributed by atoms with Crippen LogP contribution < -0.4 is 17.2 Å². The number of nitrogens with two attached hydrogens (primary N) is 3. The van der Waals surface area contributed by atoms with Gasteiger partial charge in [-0.05, 0) is 31.0 Å². The molecule has 0 fully saturated rings. The van der Waals surface area contributed by atoms with Crippen molar-refractivity contribution >= 4 is 17.5 Å². The van der Waals surface area contributed by atoms with Crippen molar-refractivity contribution in [2.45, 2.75) is 13.8 Å². The summed E-state index contributed by atoms with van der Waals surface area (Å²) in [5, 5.41) is 7.19. The van der Waals surface area contributed by atoms with Crippen LogP contribution in [0.1, 0.15) is 11.1 Å². The van der Waals surface area contributed by atoms with Crippen LogP contribution in [0.3, 0.4) is 0 Å². The van der Waals surface area contributed by atoms with E-state index in [9.17, 15) is 0 Å². The molecule has 0 aromatic heterocycles. The molecule has 0 aliphatic rings. The highest BCUT2D eigenvalue weighted by Gasteiger charge is 1.99. The fourth-order valence-corrected chi connectivity index (χ4v) is 0.858. The number of amides is 1. The third-order valence-corrected chi connectivity index (χ3v) is 1.82. The van der Waals surface area contributed by atoms with Gasteiger partial charge in [-0.25, -0.2) is 4.79 Å². The van der Waals surface area contributed by atoms with Crippen molar-refractivity contribution < 1.29 is 9.90 Å². The molecule has 0 aliphatic carbocycles. The third-order valence-electron chi connectivity index (χ3n) is 1.82. The Kier molecular flexibility index (Phi) is 4.28. The smallest absolute Gasteiger partial charge is 0.402 e. The van der Waals surface area contributed by atoms with Gasteiger partial charge in [-0.3, -0.25) is 0 Å². The summed E-state index contributed by atoms with van der Waals surface area (Å²) in [5.41, 5.74) is 18.9. The highest BCUT2D eigenvalue weighted by Crippen LogP contribution is 2.21. The Morgan fingerprint density at radius 2 is 1.71 bits per heavy atom. The summed E-state index contributed by atoms with van der Waals surface area (Å²) in [6.07, 6.45) is -1.33. The number of rotatable bonds is 0. The Bertz CT molecular complexity index is 306. The summed E-state index contributed by atoms with van der Waals surface area (Å²) >= 11 is 0. The molecule has 0 atom stereocenters. The topological polar surface area (TPSA) is 115 Å². The lowest BCUT2D eigenvalue weighted by atomic mass is 10.1. The molecule has 1 aromatic carbocycles. The Balaban J connectivity index is 0.000000364. The van der Waals surface area contributed by atoms with E-state index in [1.165, 1.54) is 5.56 Å². The normalized spacial score (nSPS) is 8.71. The van der Waals surface area contributed by atoms with E-state index in [1.807, 2.05) is 26.0 Å². The molecule has 1 aromatic rings. The maximum absolute atomic E-state index is 8.78. The van der Waals surface area contributed by atoms with Crippen LogP contribution in [0.2, 0.25) is 0 Å². The summed E-state index contributed by atoms with van der Waals surface area (Å²) in [4.78, 5) is 8.78. The van der Waals surface area contributed by atoms with E-state index in [0.717, 1.165) is 5.56 Å². The van der Waals surface area contributed by atoms with Gasteiger partial charge < -0.3 is 22.3 Å². The van der Waals surface area contributed by atoms with E-state index < -0.39 is 6.09 Å². The van der Waals surface area contributed by atoms with Gasteiger partial charge >= 0.3 is 6.09 Å². The number of hydrogen-bond acceptors (Lipinski definition) is 3. The Morgan fingerprint density at radius 3 is 2.07 bits per heavy atom. The van der Waals surface area contributed by atoms with Gasteiger partial charge in [0.2, 0.25) is 0 Å². The van der Waals surface area contributed by atoms with Gasteiger partial charge in [0.25, 0.3) is 0 Å². The first-order valence-electron chi connectivity index (χ1n) is 3.95. The lowest BCUT2D eigenvalue weighted by Gasteiger charge is -2.05. The van der Waals surface area contributed by atoms with E-state index in [1.54, 1.807) is 0 Å². The van der Waals surface area contributed by atoms with E-state index in [4.69, 9.17) is 21.4 Å². The summed E-state index contributed by atoms with van der Waals surface area (Å²) in [6, 6.07) is 3.80.